The fourth-order valence-electron chi connectivity index (χ4n) is 9.60. The Balaban J connectivity index is 0.921. The van der Waals surface area contributed by atoms with Crippen LogP contribution in [-0.4, -0.2) is 86.2 Å². The molecule has 0 unspecified atom stereocenters. The van der Waals surface area contributed by atoms with Gasteiger partial charge in [-0.15, -0.1) is 0 Å². The molecule has 1 heterocycles. The van der Waals surface area contributed by atoms with E-state index in [1.807, 2.05) is 12.1 Å². The number of alkyl halides is 3. The number of fused-ring (bicyclic) bond motifs is 1. The molecule has 1 aromatic heterocycles. The molecule has 5 aromatic rings. The first-order valence-electron chi connectivity index (χ1n) is 28.9. The molecule has 0 atom stereocenters. The molecule has 0 N–H and O–H groups in total. The normalized spacial score (nSPS) is 16.8. The number of carbonyl (C=O) groups excluding carboxylic acids is 6. The molecular weight excluding hydrogens is 1120 g/mol. The van der Waals surface area contributed by atoms with Crippen molar-refractivity contribution in [2.45, 2.75) is 122 Å². The molecule has 2 saturated carbocycles. The second-order valence-electron chi connectivity index (χ2n) is 20.7. The van der Waals surface area contributed by atoms with E-state index in [0.717, 1.165) is 68.2 Å². The lowest BCUT2D eigenvalue weighted by molar-refractivity contribution is -0.145. The number of anilines is 1. The van der Waals surface area contributed by atoms with E-state index in [-0.39, 0.29) is 30.0 Å². The van der Waals surface area contributed by atoms with Crippen LogP contribution in [0.4, 0.5) is 18.3 Å². The number of rotatable bonds is 32. The van der Waals surface area contributed by atoms with Gasteiger partial charge in [0.15, 0.2) is 0 Å². The smallest absolute Gasteiger partial charge is 0.389 e. The maximum absolute atomic E-state index is 13.9. The first kappa shape index (κ1) is 64.5. The molecule has 0 bridgehead atoms. The number of esters is 6. The summed E-state index contributed by atoms with van der Waals surface area (Å²) in [7, 11) is 0. The van der Waals surface area contributed by atoms with Gasteiger partial charge in [-0.05, 0) is 188 Å². The number of hydrogen-bond acceptors (Lipinski definition) is 18. The van der Waals surface area contributed by atoms with Gasteiger partial charge in [-0.2, -0.15) is 18.3 Å². The third-order valence-corrected chi connectivity index (χ3v) is 15.4. The summed E-state index contributed by atoms with van der Waals surface area (Å²) in [6.45, 7) is 8.31. The zero-order chi connectivity index (χ0) is 60.4. The summed E-state index contributed by atoms with van der Waals surface area (Å²) in [6, 6.07) is 25.2. The summed E-state index contributed by atoms with van der Waals surface area (Å²) in [5.74, 6) is -2.66. The van der Waals surface area contributed by atoms with Gasteiger partial charge in [-0.25, -0.2) is 19.6 Å². The third kappa shape index (κ3) is 21.8. The van der Waals surface area contributed by atoms with Crippen molar-refractivity contribution in [3.63, 3.8) is 0 Å². The molecule has 0 spiro atoms. The number of para-hydroxylation sites is 1. The van der Waals surface area contributed by atoms with Crippen molar-refractivity contribution in [2.24, 2.45) is 28.8 Å². The van der Waals surface area contributed by atoms with Gasteiger partial charge in [-0.1, -0.05) is 36.6 Å². The van der Waals surface area contributed by atoms with Gasteiger partial charge in [0.1, 0.15) is 34.5 Å². The number of carbonyl (C=O) groups is 6. The van der Waals surface area contributed by atoms with Crippen LogP contribution in [0.15, 0.2) is 121 Å². The first-order chi connectivity index (χ1) is 41.1. The van der Waals surface area contributed by atoms with Crippen LogP contribution in [0.3, 0.4) is 0 Å². The molecule has 2 fully saturated rings. The SMILES string of the molecule is C=CC(=O)OCCCCCCOc1ccc(OC(=O)[C@H]2CC[C@H](C(=O)Oc3ccc(OC(=O)[C@H]4CC[C@H](C(=O)Oc5ccc(OCCCCCCOC(=O)C=C)cc5)CC4)c(/C=N/N(CCCC(F)(F)F)c4nc5ccccc5s4)c3)CC2)cc1. The highest BCUT2D eigenvalue weighted by Gasteiger charge is 2.34. The van der Waals surface area contributed by atoms with E-state index in [2.05, 4.69) is 23.2 Å². The van der Waals surface area contributed by atoms with Crippen molar-refractivity contribution in [3.05, 3.63) is 122 Å². The molecule has 0 radical (unpaired) electrons. The molecule has 7 rings (SSSR count). The van der Waals surface area contributed by atoms with Crippen molar-refractivity contribution in [1.82, 2.24) is 4.98 Å². The molecule has 21 heteroatoms. The molecule has 4 aromatic carbocycles. The highest BCUT2D eigenvalue weighted by atomic mass is 32.1. The first-order valence-corrected chi connectivity index (χ1v) is 29.7. The van der Waals surface area contributed by atoms with Crippen molar-refractivity contribution in [3.8, 4) is 34.5 Å². The van der Waals surface area contributed by atoms with E-state index in [0.29, 0.717) is 111 Å². The number of halogens is 3. The average Bonchev–Trinajstić information content (AvgIpc) is 3.99. The number of hydrazone groups is 1. The van der Waals surface area contributed by atoms with Gasteiger partial charge in [-0.3, -0.25) is 19.2 Å². The summed E-state index contributed by atoms with van der Waals surface area (Å²) < 4.78 is 85.9. The van der Waals surface area contributed by atoms with E-state index >= 15 is 0 Å². The monoisotopic (exact) mass is 1200 g/mol. The molecule has 0 amide bonds. The lowest BCUT2D eigenvalue weighted by Gasteiger charge is -2.26. The predicted molar refractivity (Wildman–Crippen MR) is 313 cm³/mol. The van der Waals surface area contributed by atoms with Gasteiger partial charge >= 0.3 is 42.0 Å². The minimum atomic E-state index is -4.40. The van der Waals surface area contributed by atoms with Gasteiger partial charge in [0.2, 0.25) is 5.13 Å². The van der Waals surface area contributed by atoms with Gasteiger partial charge in [0.05, 0.1) is 66.5 Å². The van der Waals surface area contributed by atoms with Gasteiger partial charge in [0.25, 0.3) is 0 Å². The van der Waals surface area contributed by atoms with Gasteiger partial charge in [0, 0.05) is 30.7 Å². The Morgan fingerprint density at radius 3 is 1.42 bits per heavy atom. The number of benzene rings is 4. The average molecular weight is 1200 g/mol. The maximum Gasteiger partial charge on any atom is 0.389 e. The molecule has 0 aliphatic heterocycles. The van der Waals surface area contributed by atoms with Crippen LogP contribution < -0.4 is 33.4 Å². The molecule has 85 heavy (non-hydrogen) atoms. The lowest BCUT2D eigenvalue weighted by Crippen LogP contribution is -2.30. The lowest BCUT2D eigenvalue weighted by atomic mass is 9.82. The predicted octanol–water partition coefficient (Wildman–Crippen LogP) is 13.5. The largest absolute Gasteiger partial charge is 0.494 e. The standard InChI is InChI=1S/C64H72F3N3O14S/c1-3-57(71)79-40-13-7-5-11-38-77-49-26-30-51(31-27-49)81-59(73)44-18-20-46(21-19-44)61(75)83-53-34-35-55(48(42-53)43-68-70(37-15-36-64(65,66)67)63-69-54-16-9-10-17-56(54)85-63)84-62(76)47-24-22-45(23-25-47)60(74)82-52-32-28-50(29-33-52)78-39-12-6-8-14-41-80-58(72)4-2/h3-4,9-10,16-17,26-35,42-47H,1-2,5-8,11-15,18-25,36-41H2/b68-43+/t44-,45-,46-,47-. The van der Waals surface area contributed by atoms with Crippen molar-refractivity contribution < 1.29 is 79.8 Å². The second-order valence-corrected chi connectivity index (χ2v) is 21.8. The third-order valence-electron chi connectivity index (χ3n) is 14.4. The van der Waals surface area contributed by atoms with Crippen LogP contribution in [0.25, 0.3) is 10.2 Å². The molecule has 0 saturated heterocycles. The van der Waals surface area contributed by atoms with Crippen molar-refractivity contribution in [1.29, 1.82) is 0 Å². The van der Waals surface area contributed by atoms with Crippen LogP contribution in [0.1, 0.15) is 121 Å². The zero-order valence-electron chi connectivity index (χ0n) is 47.5. The maximum atomic E-state index is 13.9. The number of unbranched alkanes of at least 4 members (excludes halogenated alkanes) is 6. The van der Waals surface area contributed by atoms with Crippen LogP contribution >= 0.6 is 11.3 Å². The molecular formula is C64H72F3N3O14S. The summed E-state index contributed by atoms with van der Waals surface area (Å²) >= 11 is 1.25. The van der Waals surface area contributed by atoms with Crippen molar-refractivity contribution in [2.75, 3.05) is 38.0 Å². The Morgan fingerprint density at radius 2 is 0.965 bits per heavy atom. The van der Waals surface area contributed by atoms with Crippen molar-refractivity contribution >= 4 is 68.7 Å². The zero-order valence-corrected chi connectivity index (χ0v) is 48.3. The number of aromatic nitrogens is 1. The Bertz CT molecular complexity index is 3010. The Hall–Kier alpha value is -8.07. The number of nitrogens with zero attached hydrogens (tertiary/aromatic N) is 3. The Morgan fingerprint density at radius 1 is 0.541 bits per heavy atom. The summed E-state index contributed by atoms with van der Waals surface area (Å²) in [5.41, 5.74) is 0.830. The Labute approximate surface area is 496 Å². The molecule has 454 valence electrons. The summed E-state index contributed by atoms with van der Waals surface area (Å²) in [5, 5.41) is 6.29. The number of ether oxygens (including phenoxy) is 8. The fraction of sp³-hybridized carbons (Fsp3) is 0.438. The molecule has 2 aliphatic rings. The van der Waals surface area contributed by atoms with Crippen LogP contribution in [0, 0.1) is 23.7 Å². The van der Waals surface area contributed by atoms with Crippen LogP contribution in [0.2, 0.25) is 0 Å². The van der Waals surface area contributed by atoms with E-state index in [4.69, 9.17) is 37.9 Å². The fourth-order valence-corrected chi connectivity index (χ4v) is 10.6. The van der Waals surface area contributed by atoms with Gasteiger partial charge < -0.3 is 37.9 Å². The van der Waals surface area contributed by atoms with Crippen LogP contribution in [-0.2, 0) is 38.2 Å². The second kappa shape index (κ2) is 33.4. The van der Waals surface area contributed by atoms with E-state index in [1.54, 1.807) is 60.7 Å². The Kier molecular flexibility index (Phi) is 25.4. The highest BCUT2D eigenvalue weighted by molar-refractivity contribution is 7.22. The molecule has 2 aliphatic carbocycles. The molecule has 17 nitrogen and oxygen atoms in total. The van der Waals surface area contributed by atoms with E-state index in [1.165, 1.54) is 40.8 Å². The number of hydrogen-bond donors (Lipinski definition) is 0. The quantitative estimate of drug-likeness (QED) is 0.00980. The minimum absolute atomic E-state index is 0.0564. The van der Waals surface area contributed by atoms with E-state index < -0.39 is 72.1 Å². The summed E-state index contributed by atoms with van der Waals surface area (Å²) in [6.07, 6.45) is 7.48. The summed E-state index contributed by atoms with van der Waals surface area (Å²) in [4.78, 5) is 81.0. The minimum Gasteiger partial charge on any atom is -0.494 e. The topological polar surface area (TPSA) is 205 Å². The highest BCUT2D eigenvalue weighted by Crippen LogP contribution is 2.36. The van der Waals surface area contributed by atoms with Crippen LogP contribution in [0.5, 0.6) is 34.5 Å². The van der Waals surface area contributed by atoms with E-state index in [9.17, 15) is 41.9 Å². The number of thiazole rings is 1.